The molecule has 3 amide bonds. The Labute approximate surface area is 272 Å². The molecule has 46 heavy (non-hydrogen) atoms. The van der Waals surface area contributed by atoms with E-state index in [2.05, 4.69) is 16.0 Å². The molecule has 0 bridgehead atoms. The zero-order valence-corrected chi connectivity index (χ0v) is 26.0. The first-order valence-corrected chi connectivity index (χ1v) is 15.7. The predicted octanol–water partition coefficient (Wildman–Crippen LogP) is 8.40. The van der Waals surface area contributed by atoms with Gasteiger partial charge >= 0.3 is 0 Å². The van der Waals surface area contributed by atoms with Crippen molar-refractivity contribution in [1.29, 1.82) is 0 Å². The van der Waals surface area contributed by atoms with Gasteiger partial charge in [0, 0.05) is 21.8 Å². The molecule has 1 atom stereocenters. The molecule has 0 spiro atoms. The molecule has 0 aromatic heterocycles. The Bertz CT molecular complexity index is 1800. The molecule has 0 saturated carbocycles. The first-order valence-electron chi connectivity index (χ1n) is 14.8. The SMILES string of the molecule is CCC(Sc1cccc(NC(=O)/C(=C/c2ccccc2)NC(=O)c2ccccc2)c1)C(=O)Nc1ccc(Oc2ccccc2)cc1. The maximum Gasteiger partial charge on any atom is 0.272 e. The molecule has 0 aliphatic rings. The Balaban J connectivity index is 1.23. The average molecular weight is 628 g/mol. The number of amides is 3. The summed E-state index contributed by atoms with van der Waals surface area (Å²) in [7, 11) is 0. The van der Waals surface area contributed by atoms with Crippen molar-refractivity contribution in [3.8, 4) is 11.5 Å². The second kappa shape index (κ2) is 15.9. The number of carbonyl (C=O) groups is 3. The molecule has 3 N–H and O–H groups in total. The van der Waals surface area contributed by atoms with E-state index < -0.39 is 11.8 Å². The number of anilines is 2. The van der Waals surface area contributed by atoms with Crippen molar-refractivity contribution in [2.45, 2.75) is 23.5 Å². The largest absolute Gasteiger partial charge is 0.457 e. The number of carbonyl (C=O) groups excluding carboxylic acids is 3. The van der Waals surface area contributed by atoms with Crippen LogP contribution in [0.4, 0.5) is 11.4 Å². The minimum absolute atomic E-state index is 0.101. The van der Waals surface area contributed by atoms with Crippen molar-refractivity contribution >= 4 is 46.9 Å². The van der Waals surface area contributed by atoms with Gasteiger partial charge in [-0.2, -0.15) is 0 Å². The summed E-state index contributed by atoms with van der Waals surface area (Å²) in [5, 5.41) is 8.27. The molecule has 0 fully saturated rings. The molecule has 0 aliphatic carbocycles. The van der Waals surface area contributed by atoms with E-state index in [0.29, 0.717) is 29.1 Å². The fourth-order valence-electron chi connectivity index (χ4n) is 4.44. The van der Waals surface area contributed by atoms with Crippen LogP contribution in [0.3, 0.4) is 0 Å². The molecule has 0 saturated heterocycles. The summed E-state index contributed by atoms with van der Waals surface area (Å²) in [4.78, 5) is 40.4. The number of benzene rings is 5. The molecule has 0 aliphatic heterocycles. The van der Waals surface area contributed by atoms with Gasteiger partial charge in [0.1, 0.15) is 17.2 Å². The van der Waals surface area contributed by atoms with Crippen molar-refractivity contribution in [3.05, 3.63) is 156 Å². The van der Waals surface area contributed by atoms with Gasteiger partial charge in [-0.05, 0) is 84.8 Å². The van der Waals surface area contributed by atoms with Gasteiger partial charge in [-0.15, -0.1) is 11.8 Å². The van der Waals surface area contributed by atoms with Gasteiger partial charge in [-0.25, -0.2) is 0 Å². The van der Waals surface area contributed by atoms with E-state index in [1.54, 1.807) is 48.5 Å². The molecule has 0 radical (unpaired) electrons. The van der Waals surface area contributed by atoms with E-state index in [1.165, 1.54) is 11.8 Å². The van der Waals surface area contributed by atoms with E-state index in [1.807, 2.05) is 104 Å². The molecular formula is C38H33N3O4S. The highest BCUT2D eigenvalue weighted by atomic mass is 32.2. The van der Waals surface area contributed by atoms with E-state index in [0.717, 1.165) is 16.2 Å². The number of nitrogens with one attached hydrogen (secondary N) is 3. The Kier molecular flexibility index (Phi) is 11.0. The van der Waals surface area contributed by atoms with Crippen LogP contribution in [-0.2, 0) is 9.59 Å². The molecule has 5 aromatic rings. The Morgan fingerprint density at radius 2 is 1.33 bits per heavy atom. The topological polar surface area (TPSA) is 96.5 Å². The third-order valence-electron chi connectivity index (χ3n) is 6.77. The van der Waals surface area contributed by atoms with Crippen LogP contribution in [-0.4, -0.2) is 23.0 Å². The number of rotatable bonds is 12. The molecule has 230 valence electrons. The van der Waals surface area contributed by atoms with Gasteiger partial charge in [-0.1, -0.05) is 79.7 Å². The first-order chi connectivity index (χ1) is 22.5. The summed E-state index contributed by atoms with van der Waals surface area (Å²) >= 11 is 1.41. The molecule has 7 nitrogen and oxygen atoms in total. The molecule has 1 unspecified atom stereocenters. The summed E-state index contributed by atoms with van der Waals surface area (Å²) in [6.07, 6.45) is 2.23. The molecule has 8 heteroatoms. The van der Waals surface area contributed by atoms with Gasteiger partial charge in [0.15, 0.2) is 0 Å². The van der Waals surface area contributed by atoms with Crippen molar-refractivity contribution in [2.75, 3.05) is 10.6 Å². The van der Waals surface area contributed by atoms with Crippen molar-refractivity contribution in [3.63, 3.8) is 0 Å². The predicted molar refractivity (Wildman–Crippen MR) is 185 cm³/mol. The zero-order chi connectivity index (χ0) is 32.1. The van der Waals surface area contributed by atoms with Crippen LogP contribution in [0.2, 0.25) is 0 Å². The van der Waals surface area contributed by atoms with E-state index in [4.69, 9.17) is 4.74 Å². The summed E-state index contributed by atoms with van der Waals surface area (Å²) in [5.74, 6) is 0.416. The van der Waals surface area contributed by atoms with Crippen molar-refractivity contribution in [1.82, 2.24) is 5.32 Å². The second-order valence-electron chi connectivity index (χ2n) is 10.2. The molecule has 5 aromatic carbocycles. The molecular weight excluding hydrogens is 595 g/mol. The number of hydrogen-bond acceptors (Lipinski definition) is 5. The standard InChI is InChI=1S/C38H33N3O4S/c1-2-35(38(44)39-29-21-23-32(24-22-29)45-31-18-10-5-11-19-31)46-33-20-12-17-30(26-33)40-37(43)34(25-27-13-6-3-7-14-27)41-36(42)28-15-8-4-9-16-28/h3-26,35H,2H2,1H3,(H,39,44)(H,40,43)(H,41,42)/b34-25-. The number of hydrogen-bond donors (Lipinski definition) is 3. The van der Waals surface area contributed by atoms with Crippen molar-refractivity contribution < 1.29 is 19.1 Å². The summed E-state index contributed by atoms with van der Waals surface area (Å²) in [6, 6.07) is 42.0. The smallest absolute Gasteiger partial charge is 0.272 e. The van der Waals surface area contributed by atoms with Crippen LogP contribution in [0.5, 0.6) is 11.5 Å². The highest BCUT2D eigenvalue weighted by Crippen LogP contribution is 2.29. The van der Waals surface area contributed by atoms with E-state index >= 15 is 0 Å². The summed E-state index contributed by atoms with van der Waals surface area (Å²) in [6.45, 7) is 1.95. The summed E-state index contributed by atoms with van der Waals surface area (Å²) < 4.78 is 5.84. The Morgan fingerprint density at radius 1 is 0.696 bits per heavy atom. The maximum atomic E-state index is 13.4. The lowest BCUT2D eigenvalue weighted by Gasteiger charge is -2.16. The fraction of sp³-hybridized carbons (Fsp3) is 0.0789. The Morgan fingerprint density at radius 3 is 2.00 bits per heavy atom. The third-order valence-corrected chi connectivity index (χ3v) is 8.13. The third kappa shape index (κ3) is 9.20. The fourth-order valence-corrected chi connectivity index (χ4v) is 5.46. The van der Waals surface area contributed by atoms with Crippen LogP contribution < -0.4 is 20.7 Å². The van der Waals surface area contributed by atoms with E-state index in [9.17, 15) is 14.4 Å². The number of thioether (sulfide) groups is 1. The van der Waals surface area contributed by atoms with Crippen LogP contribution in [0.25, 0.3) is 6.08 Å². The minimum atomic E-state index is -0.472. The second-order valence-corrected chi connectivity index (χ2v) is 11.5. The number of para-hydroxylation sites is 1. The lowest BCUT2D eigenvalue weighted by atomic mass is 10.1. The van der Waals surface area contributed by atoms with Crippen LogP contribution in [0.15, 0.2) is 150 Å². The van der Waals surface area contributed by atoms with Crippen molar-refractivity contribution in [2.24, 2.45) is 0 Å². The highest BCUT2D eigenvalue weighted by molar-refractivity contribution is 8.00. The number of ether oxygens (including phenoxy) is 1. The quantitative estimate of drug-likeness (QED) is 0.0954. The van der Waals surface area contributed by atoms with Gasteiger partial charge in [0.2, 0.25) is 5.91 Å². The molecule has 5 rings (SSSR count). The van der Waals surface area contributed by atoms with E-state index in [-0.39, 0.29) is 16.9 Å². The van der Waals surface area contributed by atoms with Gasteiger partial charge in [0.25, 0.3) is 11.8 Å². The van der Waals surface area contributed by atoms with Gasteiger partial charge < -0.3 is 20.7 Å². The average Bonchev–Trinajstić information content (AvgIpc) is 3.09. The Hall–Kier alpha value is -5.60. The normalized spacial score (nSPS) is 11.6. The highest BCUT2D eigenvalue weighted by Gasteiger charge is 2.19. The van der Waals surface area contributed by atoms with Gasteiger partial charge in [0.05, 0.1) is 5.25 Å². The first kappa shape index (κ1) is 31.8. The van der Waals surface area contributed by atoms with Crippen LogP contribution in [0, 0.1) is 0 Å². The minimum Gasteiger partial charge on any atom is -0.457 e. The lowest BCUT2D eigenvalue weighted by molar-refractivity contribution is -0.116. The van der Waals surface area contributed by atoms with Gasteiger partial charge in [-0.3, -0.25) is 14.4 Å². The van der Waals surface area contributed by atoms with Crippen LogP contribution in [0.1, 0.15) is 29.3 Å². The lowest BCUT2D eigenvalue weighted by Crippen LogP contribution is -2.30. The zero-order valence-electron chi connectivity index (χ0n) is 25.2. The monoisotopic (exact) mass is 627 g/mol. The molecule has 0 heterocycles. The van der Waals surface area contributed by atoms with Crippen LogP contribution >= 0.6 is 11.8 Å². The summed E-state index contributed by atoms with van der Waals surface area (Å²) in [5.41, 5.74) is 2.51. The maximum absolute atomic E-state index is 13.4.